The van der Waals surface area contributed by atoms with Crippen molar-refractivity contribution in [2.75, 3.05) is 14.2 Å². The lowest BCUT2D eigenvalue weighted by Crippen LogP contribution is -2.41. The SMILES string of the molecule is CC1(C)OB(c2ccc3c(c2)C(=O)NC3)OC1(C)C.COc1cc(-c2ccc(-c3ccc4c(c3)C(=O)NC4)c([C@@H](CC(=O)Cn3nc(C(F)F)c4c3C(F)(F)CCC4(F)F)Cc3cc(F)cc(F)c3)n2)ccn1.COc1cc(-c2ccc(Br)c([C@@H](CC(=O)Cn3nc(C(F)F)c4c3C(F)(F)CCC4(F)F)Cc3cc(F)cc(F)c3)n2)ccn1. The number of halogens is 17. The first-order valence-corrected chi connectivity index (χ1v) is 37.5. The van der Waals surface area contributed by atoms with Gasteiger partial charge in [-0.1, -0.05) is 30.3 Å². The van der Waals surface area contributed by atoms with Crippen molar-refractivity contribution in [3.8, 4) is 45.4 Å². The van der Waals surface area contributed by atoms with Gasteiger partial charge in [0.2, 0.25) is 11.8 Å². The minimum absolute atomic E-state index is 0.0200. The van der Waals surface area contributed by atoms with Crippen LogP contribution in [0.3, 0.4) is 0 Å². The van der Waals surface area contributed by atoms with Crippen molar-refractivity contribution in [2.45, 2.75) is 165 Å². The Hall–Kier alpha value is -10.9. The van der Waals surface area contributed by atoms with Gasteiger partial charge in [-0.05, 0) is 156 Å². The molecule has 10 aromatic rings. The lowest BCUT2D eigenvalue weighted by molar-refractivity contribution is -0.122. The van der Waals surface area contributed by atoms with Crippen LogP contribution in [0.2, 0.25) is 0 Å². The van der Waals surface area contributed by atoms with Crippen molar-refractivity contribution < 1.29 is 108 Å². The quantitative estimate of drug-likeness (QED) is 0.0477. The molecule has 2 N–H and O–H groups in total. The number of hydrogen-bond donors (Lipinski definition) is 2. The average molecular weight is 1720 g/mol. The van der Waals surface area contributed by atoms with Gasteiger partial charge < -0.3 is 29.4 Å². The molecule has 118 heavy (non-hydrogen) atoms. The smallest absolute Gasteiger partial charge is 0.481 e. The Labute approximate surface area is 671 Å². The number of fused-ring (bicyclic) bond motifs is 4. The second-order valence-electron chi connectivity index (χ2n) is 29.9. The number of nitrogens with one attached hydrogen (secondary N) is 2. The molecule has 0 bridgehead atoms. The first kappa shape index (κ1) is 85.0. The summed E-state index contributed by atoms with van der Waals surface area (Å²) in [4.78, 5) is 69.3. The number of carbonyl (C=O) groups excluding carboxylic acids is 4. The van der Waals surface area contributed by atoms with E-state index in [0.29, 0.717) is 68.9 Å². The molecule has 9 heterocycles. The van der Waals surface area contributed by atoms with Gasteiger partial charge in [0.25, 0.3) is 48.4 Å². The van der Waals surface area contributed by atoms with E-state index in [1.165, 1.54) is 26.6 Å². The van der Waals surface area contributed by atoms with Crippen molar-refractivity contribution in [1.82, 2.24) is 50.1 Å². The Morgan fingerprint density at radius 2 is 0.915 bits per heavy atom. The van der Waals surface area contributed by atoms with Crippen LogP contribution in [0.1, 0.15) is 179 Å². The number of benzene rings is 4. The number of hydrogen-bond acceptors (Lipinski definition) is 14. The Morgan fingerprint density at radius 3 is 1.36 bits per heavy atom. The molecule has 18 nitrogen and oxygen atoms in total. The molecule has 0 spiro atoms. The van der Waals surface area contributed by atoms with Crippen LogP contribution in [-0.4, -0.2) is 95.4 Å². The van der Waals surface area contributed by atoms with Crippen LogP contribution in [0.4, 0.5) is 70.2 Å². The van der Waals surface area contributed by atoms with Gasteiger partial charge in [-0.15, -0.1) is 0 Å². The first-order chi connectivity index (χ1) is 55.6. The van der Waals surface area contributed by atoms with Gasteiger partial charge in [-0.25, -0.2) is 62.7 Å². The van der Waals surface area contributed by atoms with Crippen LogP contribution in [0.25, 0.3) is 33.6 Å². The average Bonchev–Trinajstić information content (AvgIpc) is 1.57. The number of ketones is 2. The van der Waals surface area contributed by atoms with E-state index in [2.05, 4.69) is 51.7 Å². The van der Waals surface area contributed by atoms with E-state index in [9.17, 15) is 80.6 Å². The highest BCUT2D eigenvalue weighted by molar-refractivity contribution is 9.10. The number of pyridine rings is 4. The minimum atomic E-state index is -4.05. The number of alkyl halides is 12. The largest absolute Gasteiger partial charge is 0.494 e. The van der Waals surface area contributed by atoms with Crippen LogP contribution < -0.4 is 25.6 Å². The van der Waals surface area contributed by atoms with E-state index >= 15 is 8.78 Å². The first-order valence-electron chi connectivity index (χ1n) is 36.7. The highest BCUT2D eigenvalue weighted by Gasteiger charge is 2.57. The predicted octanol–water partition coefficient (Wildman–Crippen LogP) is 18.0. The highest BCUT2D eigenvalue weighted by Crippen LogP contribution is 2.55. The van der Waals surface area contributed by atoms with Crippen LogP contribution in [0, 0.1) is 23.3 Å². The number of ether oxygens (including phenoxy) is 2. The summed E-state index contributed by atoms with van der Waals surface area (Å²) in [6.07, 6.45) is -11.2. The Morgan fingerprint density at radius 1 is 0.500 bits per heavy atom. The number of rotatable bonds is 22. The Balaban J connectivity index is 0.000000169. The molecule has 15 rings (SSSR count). The zero-order chi connectivity index (χ0) is 85.0. The second kappa shape index (κ2) is 33.1. The maximum atomic E-state index is 15.2. The maximum Gasteiger partial charge on any atom is 0.494 e. The van der Waals surface area contributed by atoms with Gasteiger partial charge in [0.15, 0.2) is 11.6 Å². The van der Waals surface area contributed by atoms with Crippen LogP contribution in [0.15, 0.2) is 138 Å². The van der Waals surface area contributed by atoms with E-state index in [4.69, 9.17) is 23.8 Å². The molecule has 2 atom stereocenters. The summed E-state index contributed by atoms with van der Waals surface area (Å²) in [7, 11) is 2.42. The number of amides is 2. The Kier molecular flexibility index (Phi) is 23.9. The lowest BCUT2D eigenvalue weighted by Gasteiger charge is -2.32. The number of nitrogens with zero attached hydrogens (tertiary/aromatic N) is 8. The summed E-state index contributed by atoms with van der Waals surface area (Å²) in [5.74, 6) is -23.2. The zero-order valence-electron chi connectivity index (χ0n) is 63.3. The fourth-order valence-electron chi connectivity index (χ4n) is 14.8. The summed E-state index contributed by atoms with van der Waals surface area (Å²) in [5.41, 5.74) is -2.68. The third kappa shape index (κ3) is 17.9. The third-order valence-electron chi connectivity index (χ3n) is 21.2. The van der Waals surface area contributed by atoms with Crippen LogP contribution in [-0.2, 0) is 81.6 Å². The number of Topliss-reactive ketones (excluding diaryl/α,β-unsaturated/α-hetero) is 2. The van der Waals surface area contributed by atoms with Crippen molar-refractivity contribution in [3.05, 3.63) is 240 Å². The van der Waals surface area contributed by atoms with E-state index in [-0.39, 0.29) is 79.5 Å². The summed E-state index contributed by atoms with van der Waals surface area (Å²) in [6, 6.07) is 29.4. The van der Waals surface area contributed by atoms with E-state index < -0.39 is 176 Å². The van der Waals surface area contributed by atoms with E-state index in [0.717, 1.165) is 46.4 Å². The number of aromatic nitrogens is 8. The van der Waals surface area contributed by atoms with Gasteiger partial charge in [0.05, 0.1) is 59.3 Å². The third-order valence-corrected chi connectivity index (χ3v) is 21.9. The molecule has 2 aliphatic carbocycles. The fraction of sp³-hybridized carbons (Fsp3) is 0.341. The molecule has 0 saturated carbocycles. The van der Waals surface area contributed by atoms with Crippen molar-refractivity contribution in [3.63, 3.8) is 0 Å². The predicted molar refractivity (Wildman–Crippen MR) is 399 cm³/mol. The standard InChI is InChI=1S/C38H29F8N5O3.C30H23BrF8N4O2.C14H18BNO3/c1-54-30-15-21(6-9-47-30)29-5-4-27(20-2-3-22-17-48-36(53)28(22)14-20)32(49-29)23(10-19-11-24(39)16-25(40)12-19)13-26(52)18-51-34-31(33(50-51)35(41)42)37(43,44)7-8-38(34,45)46;1-45-23-12-16(4-7-40-23)22-3-2-21(31)25(41-22)17(8-15-9-18(32)13-19(33)10-15)11-20(44)14-43-27-24(26(42-43)28(34)35)29(36,37)5-6-30(27,38)39;1-13(2)14(3,4)19-15(18-13)10-6-5-9-8-16-12(17)11(9)7-10/h2-6,9,11-12,14-16,23,35H,7-8,10,13,17-18H2,1H3,(H,48,53);2-4,7,9-10,12-13,17,28H,5-6,8,11,14H2,1H3;5-7H,8H2,1-4H3,(H,16,17)/t23-;17-;/m11./s1. The van der Waals surface area contributed by atoms with Crippen LogP contribution >= 0.6 is 15.9 Å². The monoisotopic (exact) mass is 1720 g/mol. The molecular weight excluding hydrogens is 1650 g/mol. The van der Waals surface area contributed by atoms with Crippen LogP contribution in [0.5, 0.6) is 11.8 Å². The molecule has 1 fully saturated rings. The van der Waals surface area contributed by atoms with E-state index in [1.807, 2.05) is 45.9 Å². The fourth-order valence-corrected chi connectivity index (χ4v) is 15.4. The molecule has 4 aromatic carbocycles. The normalized spacial score (nSPS) is 17.2. The van der Waals surface area contributed by atoms with E-state index in [1.54, 1.807) is 66.7 Å². The molecule has 3 aliphatic heterocycles. The summed E-state index contributed by atoms with van der Waals surface area (Å²) >= 11 is 3.38. The molecule has 2 amide bonds. The van der Waals surface area contributed by atoms with Crippen molar-refractivity contribution in [1.29, 1.82) is 0 Å². The number of carbonyl (C=O) groups is 4. The molecule has 0 unspecified atom stereocenters. The summed E-state index contributed by atoms with van der Waals surface area (Å²) in [5, 5.41) is 12.3. The topological polar surface area (TPSA) is 216 Å². The summed E-state index contributed by atoms with van der Waals surface area (Å²) < 4.78 is 255. The molecule has 36 heteroatoms. The molecule has 0 radical (unpaired) electrons. The second-order valence-corrected chi connectivity index (χ2v) is 30.8. The number of methoxy groups -OCH3 is 2. The molecular formula is C82H70BBrF16N10O8. The molecule has 6 aromatic heterocycles. The van der Waals surface area contributed by atoms with Gasteiger partial charge >= 0.3 is 7.12 Å². The minimum Gasteiger partial charge on any atom is -0.481 e. The Bertz CT molecular complexity index is 5520. The summed E-state index contributed by atoms with van der Waals surface area (Å²) in [6.45, 7) is 6.87. The van der Waals surface area contributed by atoms with Crippen molar-refractivity contribution in [2.24, 2.45) is 0 Å². The zero-order valence-corrected chi connectivity index (χ0v) is 64.9. The van der Waals surface area contributed by atoms with Gasteiger partial charge in [-0.2, -0.15) is 27.8 Å². The molecule has 5 aliphatic rings. The lowest BCUT2D eigenvalue weighted by atomic mass is 9.78. The van der Waals surface area contributed by atoms with Gasteiger partial charge in [0, 0.05) is 132 Å². The molecule has 618 valence electrons. The van der Waals surface area contributed by atoms with Crippen molar-refractivity contribution >= 4 is 51.9 Å². The van der Waals surface area contributed by atoms with Gasteiger partial charge in [-0.3, -0.25) is 38.5 Å². The molecule has 1 saturated heterocycles. The maximum absolute atomic E-state index is 15.2. The van der Waals surface area contributed by atoms with Gasteiger partial charge in [0.1, 0.15) is 59.1 Å². The highest BCUT2D eigenvalue weighted by atomic mass is 79.9.